The van der Waals surface area contributed by atoms with Crippen LogP contribution in [0.5, 0.6) is 0 Å². The van der Waals surface area contributed by atoms with Crippen LogP contribution < -0.4 is 5.32 Å². The van der Waals surface area contributed by atoms with Crippen LogP contribution in [0.25, 0.3) is 10.8 Å². The highest BCUT2D eigenvalue weighted by molar-refractivity contribution is 5.90. The van der Waals surface area contributed by atoms with Crippen LogP contribution in [0.4, 0.5) is 5.82 Å². The number of anilines is 1. The average molecular weight is 242 g/mol. The van der Waals surface area contributed by atoms with Gasteiger partial charge in [-0.2, -0.15) is 5.10 Å². The molecule has 0 aliphatic carbocycles. The van der Waals surface area contributed by atoms with E-state index < -0.39 is 0 Å². The van der Waals surface area contributed by atoms with Gasteiger partial charge in [-0.05, 0) is 25.9 Å². The second-order valence-electron chi connectivity index (χ2n) is 4.76. The summed E-state index contributed by atoms with van der Waals surface area (Å²) < 4.78 is 0. The third-order valence-corrected chi connectivity index (χ3v) is 3.49. The Labute approximate surface area is 107 Å². The molecule has 2 aromatic rings. The fourth-order valence-corrected chi connectivity index (χ4v) is 2.50. The maximum absolute atomic E-state index is 4.19. The van der Waals surface area contributed by atoms with Crippen molar-refractivity contribution in [3.8, 4) is 0 Å². The maximum atomic E-state index is 4.19. The van der Waals surface area contributed by atoms with Gasteiger partial charge in [0.1, 0.15) is 0 Å². The minimum atomic E-state index is 0.896. The van der Waals surface area contributed by atoms with Gasteiger partial charge in [0.2, 0.25) is 0 Å². The Balaban J connectivity index is 1.66. The van der Waals surface area contributed by atoms with E-state index in [0.717, 1.165) is 29.7 Å². The average Bonchev–Trinajstić information content (AvgIpc) is 2.92. The molecule has 0 bridgehead atoms. The fraction of sp³-hybridized carbons (Fsp3) is 0.429. The standard InChI is InChI=1S/C14H18N4/c1-2-6-13-12(5-1)11-16-17-14(13)15-7-10-18-8-3-4-9-18/h1-2,5-6,11H,3-4,7-10H2,(H,15,17). The number of rotatable bonds is 4. The Kier molecular flexibility index (Phi) is 3.37. The lowest BCUT2D eigenvalue weighted by Crippen LogP contribution is -2.26. The zero-order chi connectivity index (χ0) is 12.2. The number of hydrogen-bond donors (Lipinski definition) is 1. The van der Waals surface area contributed by atoms with Crippen molar-refractivity contribution in [2.75, 3.05) is 31.5 Å². The Bertz CT molecular complexity index is 515. The largest absolute Gasteiger partial charge is 0.367 e. The third kappa shape index (κ3) is 2.43. The first kappa shape index (κ1) is 11.4. The van der Waals surface area contributed by atoms with Gasteiger partial charge in [0, 0.05) is 23.9 Å². The molecule has 1 aromatic carbocycles. The molecule has 0 unspecified atom stereocenters. The zero-order valence-corrected chi connectivity index (χ0v) is 10.5. The maximum Gasteiger partial charge on any atom is 0.156 e. The summed E-state index contributed by atoms with van der Waals surface area (Å²) in [6.07, 6.45) is 4.49. The number of nitrogens with one attached hydrogen (secondary N) is 1. The van der Waals surface area contributed by atoms with E-state index in [1.807, 2.05) is 12.1 Å². The van der Waals surface area contributed by atoms with E-state index in [2.05, 4.69) is 32.5 Å². The summed E-state index contributed by atoms with van der Waals surface area (Å²) in [4.78, 5) is 2.49. The molecule has 1 saturated heterocycles. The van der Waals surface area contributed by atoms with E-state index in [1.54, 1.807) is 6.20 Å². The molecule has 4 heteroatoms. The van der Waals surface area contributed by atoms with Crippen LogP contribution in [0, 0.1) is 0 Å². The summed E-state index contributed by atoms with van der Waals surface area (Å²) in [6, 6.07) is 8.21. The topological polar surface area (TPSA) is 41.0 Å². The summed E-state index contributed by atoms with van der Waals surface area (Å²) in [6.45, 7) is 4.50. The van der Waals surface area contributed by atoms with Crippen LogP contribution in [0.15, 0.2) is 30.5 Å². The molecule has 1 N–H and O–H groups in total. The SMILES string of the molecule is c1ccc2c(NCCN3CCCC3)nncc2c1. The minimum Gasteiger partial charge on any atom is -0.367 e. The molecule has 1 aromatic heterocycles. The first-order valence-electron chi connectivity index (χ1n) is 6.60. The molecule has 18 heavy (non-hydrogen) atoms. The molecule has 2 heterocycles. The van der Waals surface area contributed by atoms with Gasteiger partial charge in [-0.1, -0.05) is 24.3 Å². The lowest BCUT2D eigenvalue weighted by atomic mass is 10.2. The van der Waals surface area contributed by atoms with Gasteiger partial charge in [0.15, 0.2) is 5.82 Å². The molecule has 1 aliphatic heterocycles. The van der Waals surface area contributed by atoms with Crippen molar-refractivity contribution >= 4 is 16.6 Å². The monoisotopic (exact) mass is 242 g/mol. The Morgan fingerprint density at radius 2 is 2.00 bits per heavy atom. The second-order valence-corrected chi connectivity index (χ2v) is 4.76. The number of likely N-dealkylation sites (tertiary alicyclic amines) is 1. The van der Waals surface area contributed by atoms with Crippen molar-refractivity contribution in [2.45, 2.75) is 12.8 Å². The summed E-state index contributed by atoms with van der Waals surface area (Å²) in [5.74, 6) is 0.896. The van der Waals surface area contributed by atoms with E-state index in [1.165, 1.54) is 25.9 Å². The van der Waals surface area contributed by atoms with Gasteiger partial charge in [0.05, 0.1) is 6.20 Å². The number of fused-ring (bicyclic) bond motifs is 1. The van der Waals surface area contributed by atoms with Crippen molar-refractivity contribution in [1.29, 1.82) is 0 Å². The van der Waals surface area contributed by atoms with E-state index in [4.69, 9.17) is 0 Å². The predicted molar refractivity (Wildman–Crippen MR) is 73.7 cm³/mol. The van der Waals surface area contributed by atoms with Crippen LogP contribution >= 0.6 is 0 Å². The zero-order valence-electron chi connectivity index (χ0n) is 10.5. The number of hydrogen-bond acceptors (Lipinski definition) is 4. The second kappa shape index (κ2) is 5.31. The Hall–Kier alpha value is -1.68. The summed E-state index contributed by atoms with van der Waals surface area (Å²) in [5.41, 5.74) is 0. The third-order valence-electron chi connectivity index (χ3n) is 3.49. The smallest absolute Gasteiger partial charge is 0.156 e. The van der Waals surface area contributed by atoms with Gasteiger partial charge in [-0.3, -0.25) is 0 Å². The highest BCUT2D eigenvalue weighted by Gasteiger charge is 2.10. The molecule has 0 amide bonds. The van der Waals surface area contributed by atoms with Crippen molar-refractivity contribution in [3.63, 3.8) is 0 Å². The molecule has 4 nitrogen and oxygen atoms in total. The van der Waals surface area contributed by atoms with E-state index in [9.17, 15) is 0 Å². The molecule has 94 valence electrons. The minimum absolute atomic E-state index is 0.896. The van der Waals surface area contributed by atoms with Crippen molar-refractivity contribution < 1.29 is 0 Å². The normalized spacial score (nSPS) is 16.2. The molecule has 0 atom stereocenters. The van der Waals surface area contributed by atoms with E-state index >= 15 is 0 Å². The van der Waals surface area contributed by atoms with Crippen molar-refractivity contribution in [2.24, 2.45) is 0 Å². The predicted octanol–water partition coefficient (Wildman–Crippen LogP) is 2.14. The molecule has 1 aliphatic rings. The van der Waals surface area contributed by atoms with Gasteiger partial charge in [0.25, 0.3) is 0 Å². The molecular weight excluding hydrogens is 224 g/mol. The first-order valence-corrected chi connectivity index (χ1v) is 6.60. The van der Waals surface area contributed by atoms with Crippen LogP contribution in [-0.2, 0) is 0 Å². The van der Waals surface area contributed by atoms with Crippen molar-refractivity contribution in [1.82, 2.24) is 15.1 Å². The van der Waals surface area contributed by atoms with E-state index in [0.29, 0.717) is 0 Å². The van der Waals surface area contributed by atoms with Gasteiger partial charge in [-0.15, -0.1) is 5.10 Å². The van der Waals surface area contributed by atoms with E-state index in [-0.39, 0.29) is 0 Å². The van der Waals surface area contributed by atoms with Crippen LogP contribution in [0.3, 0.4) is 0 Å². The summed E-state index contributed by atoms with van der Waals surface area (Å²) in [5, 5.41) is 13.9. The molecule has 0 radical (unpaired) electrons. The molecule has 3 rings (SSSR count). The molecule has 0 saturated carbocycles. The first-order chi connectivity index (χ1) is 8.93. The number of benzene rings is 1. The number of nitrogens with zero attached hydrogens (tertiary/aromatic N) is 3. The van der Waals surface area contributed by atoms with Crippen LogP contribution in [0.2, 0.25) is 0 Å². The number of aromatic nitrogens is 2. The summed E-state index contributed by atoms with van der Waals surface area (Å²) in [7, 11) is 0. The van der Waals surface area contributed by atoms with Gasteiger partial charge in [-0.25, -0.2) is 0 Å². The quantitative estimate of drug-likeness (QED) is 0.891. The Morgan fingerprint density at radius 3 is 2.89 bits per heavy atom. The lowest BCUT2D eigenvalue weighted by molar-refractivity contribution is 0.352. The molecular formula is C14H18N4. The van der Waals surface area contributed by atoms with Gasteiger partial charge < -0.3 is 10.2 Å². The molecule has 0 spiro atoms. The fourth-order valence-electron chi connectivity index (χ4n) is 2.50. The van der Waals surface area contributed by atoms with Gasteiger partial charge >= 0.3 is 0 Å². The highest BCUT2D eigenvalue weighted by atomic mass is 15.2. The van der Waals surface area contributed by atoms with Crippen LogP contribution in [0.1, 0.15) is 12.8 Å². The highest BCUT2D eigenvalue weighted by Crippen LogP contribution is 2.18. The van der Waals surface area contributed by atoms with Crippen molar-refractivity contribution in [3.05, 3.63) is 30.5 Å². The summed E-state index contributed by atoms with van der Waals surface area (Å²) >= 11 is 0. The Morgan fingerprint density at radius 1 is 1.17 bits per heavy atom. The molecule has 1 fully saturated rings. The van der Waals surface area contributed by atoms with Crippen LogP contribution in [-0.4, -0.2) is 41.3 Å². The lowest BCUT2D eigenvalue weighted by Gasteiger charge is -2.15.